The van der Waals surface area contributed by atoms with E-state index in [1.54, 1.807) is 0 Å². The second kappa shape index (κ2) is 5.89. The Hall–Kier alpha value is -3.01. The van der Waals surface area contributed by atoms with Crippen LogP contribution in [0.4, 0.5) is 0 Å². The first-order chi connectivity index (χ1) is 11.8. The molecule has 1 unspecified atom stereocenters. The fourth-order valence-electron chi connectivity index (χ4n) is 3.19. The highest BCUT2D eigenvalue weighted by atomic mass is 16.5. The van der Waals surface area contributed by atoms with Crippen LogP contribution in [0.2, 0.25) is 0 Å². The third-order valence-corrected chi connectivity index (χ3v) is 4.23. The van der Waals surface area contributed by atoms with Crippen LogP contribution in [0, 0.1) is 0 Å². The number of carbonyl (C=O) groups is 1. The lowest BCUT2D eigenvalue weighted by Gasteiger charge is -2.29. The molecule has 4 rings (SSSR count). The van der Waals surface area contributed by atoms with Gasteiger partial charge in [-0.15, -0.1) is 0 Å². The van der Waals surface area contributed by atoms with Gasteiger partial charge in [0.15, 0.2) is 0 Å². The minimum Gasteiger partial charge on any atom is -0.461 e. The molecule has 2 heterocycles. The minimum atomic E-state index is -0.324. The molecule has 3 aromatic rings. The zero-order valence-corrected chi connectivity index (χ0v) is 13.4. The molecular formula is C20H18N2O2. The second-order valence-electron chi connectivity index (χ2n) is 5.73. The van der Waals surface area contributed by atoms with Crippen LogP contribution < -0.4 is 5.32 Å². The Labute approximate surface area is 140 Å². The number of para-hydroxylation sites is 1. The molecule has 2 aromatic carbocycles. The Balaban J connectivity index is 1.90. The van der Waals surface area contributed by atoms with Crippen molar-refractivity contribution in [1.29, 1.82) is 0 Å². The van der Waals surface area contributed by atoms with Crippen LogP contribution in [-0.2, 0) is 9.53 Å². The van der Waals surface area contributed by atoms with Gasteiger partial charge in [-0.3, -0.25) is 0 Å². The molecule has 4 heteroatoms. The first-order valence-electron chi connectivity index (χ1n) is 8.08. The summed E-state index contributed by atoms with van der Waals surface area (Å²) in [6.07, 6.45) is 1.71. The van der Waals surface area contributed by atoms with E-state index in [2.05, 4.69) is 40.2 Å². The van der Waals surface area contributed by atoms with Crippen molar-refractivity contribution >= 4 is 22.9 Å². The van der Waals surface area contributed by atoms with E-state index in [1.807, 2.05) is 43.3 Å². The van der Waals surface area contributed by atoms with Gasteiger partial charge in [0.2, 0.25) is 0 Å². The average molecular weight is 318 g/mol. The molecule has 1 aliphatic rings. The maximum absolute atomic E-state index is 12.2. The van der Waals surface area contributed by atoms with E-state index in [-0.39, 0.29) is 12.1 Å². The van der Waals surface area contributed by atoms with Gasteiger partial charge in [-0.25, -0.2) is 4.79 Å². The van der Waals surface area contributed by atoms with E-state index in [0.717, 1.165) is 22.2 Å². The van der Waals surface area contributed by atoms with Crippen LogP contribution >= 0.6 is 0 Å². The smallest absolute Gasteiger partial charge is 0.354 e. The van der Waals surface area contributed by atoms with Gasteiger partial charge in [0, 0.05) is 11.1 Å². The molecule has 0 bridgehead atoms. The van der Waals surface area contributed by atoms with Crippen molar-refractivity contribution in [2.24, 2.45) is 0 Å². The standard InChI is InChI=1S/C20H18N2O2/c1-2-24-20(23)17-13-16-12-15-10-6-7-11-18(15)22(16)19(21-17)14-8-4-3-5-9-14/h3-13,19,21H,2H2,1H3. The molecule has 0 saturated heterocycles. The zero-order valence-electron chi connectivity index (χ0n) is 13.4. The Kier molecular flexibility index (Phi) is 3.58. The van der Waals surface area contributed by atoms with Crippen molar-refractivity contribution < 1.29 is 9.53 Å². The molecule has 120 valence electrons. The Morgan fingerprint density at radius 1 is 1.12 bits per heavy atom. The van der Waals surface area contributed by atoms with Crippen molar-refractivity contribution in [3.05, 3.63) is 77.6 Å². The fourth-order valence-corrected chi connectivity index (χ4v) is 3.19. The van der Waals surface area contributed by atoms with Crippen molar-refractivity contribution in [2.75, 3.05) is 6.61 Å². The highest BCUT2D eigenvalue weighted by Gasteiger charge is 2.26. The summed E-state index contributed by atoms with van der Waals surface area (Å²) in [7, 11) is 0. The molecule has 0 aliphatic carbocycles. The first-order valence-corrected chi connectivity index (χ1v) is 8.08. The Bertz CT molecular complexity index is 925. The van der Waals surface area contributed by atoms with Gasteiger partial charge in [-0.2, -0.15) is 0 Å². The summed E-state index contributed by atoms with van der Waals surface area (Å²) in [4.78, 5) is 12.2. The second-order valence-corrected chi connectivity index (χ2v) is 5.73. The lowest BCUT2D eigenvalue weighted by atomic mass is 10.1. The quantitative estimate of drug-likeness (QED) is 0.749. The van der Waals surface area contributed by atoms with Crippen molar-refractivity contribution in [2.45, 2.75) is 13.1 Å². The number of hydrogen-bond donors (Lipinski definition) is 1. The Morgan fingerprint density at radius 3 is 2.67 bits per heavy atom. The summed E-state index contributed by atoms with van der Waals surface area (Å²) < 4.78 is 7.39. The van der Waals surface area contributed by atoms with Gasteiger partial charge in [0.1, 0.15) is 11.9 Å². The molecule has 24 heavy (non-hydrogen) atoms. The number of rotatable bonds is 3. The van der Waals surface area contributed by atoms with Crippen LogP contribution in [0.5, 0.6) is 0 Å². The highest BCUT2D eigenvalue weighted by molar-refractivity contribution is 5.95. The number of hydrogen-bond acceptors (Lipinski definition) is 3. The molecule has 0 amide bonds. The number of ether oxygens (including phenoxy) is 1. The number of esters is 1. The largest absolute Gasteiger partial charge is 0.461 e. The monoisotopic (exact) mass is 318 g/mol. The van der Waals surface area contributed by atoms with E-state index < -0.39 is 0 Å². The van der Waals surface area contributed by atoms with Crippen LogP contribution in [0.1, 0.15) is 24.3 Å². The highest BCUT2D eigenvalue weighted by Crippen LogP contribution is 2.32. The summed E-state index contributed by atoms with van der Waals surface area (Å²) in [5.41, 5.74) is 3.70. The SMILES string of the molecule is CCOC(=O)C1=Cc2cc3ccccc3n2C(c2ccccc2)N1. The number of nitrogens with one attached hydrogen (secondary N) is 1. The van der Waals surface area contributed by atoms with Crippen LogP contribution in [-0.4, -0.2) is 17.1 Å². The van der Waals surface area contributed by atoms with Crippen molar-refractivity contribution in [3.63, 3.8) is 0 Å². The van der Waals surface area contributed by atoms with Crippen LogP contribution in [0.25, 0.3) is 17.0 Å². The van der Waals surface area contributed by atoms with Gasteiger partial charge < -0.3 is 14.6 Å². The minimum absolute atomic E-state index is 0.148. The zero-order chi connectivity index (χ0) is 16.5. The number of fused-ring (bicyclic) bond motifs is 3. The summed E-state index contributed by atoms with van der Waals surface area (Å²) >= 11 is 0. The number of aromatic nitrogens is 1. The summed E-state index contributed by atoms with van der Waals surface area (Å²) in [6, 6.07) is 20.5. The molecule has 1 aromatic heterocycles. The lowest BCUT2D eigenvalue weighted by Crippen LogP contribution is -2.34. The number of nitrogens with zero attached hydrogens (tertiary/aromatic N) is 1. The molecule has 0 radical (unpaired) electrons. The molecule has 0 spiro atoms. The Morgan fingerprint density at radius 2 is 1.88 bits per heavy atom. The maximum atomic E-state index is 12.2. The van der Waals surface area contributed by atoms with Crippen molar-refractivity contribution in [1.82, 2.24) is 9.88 Å². The first kappa shape index (κ1) is 14.6. The predicted molar refractivity (Wildman–Crippen MR) is 94.3 cm³/mol. The predicted octanol–water partition coefficient (Wildman–Crippen LogP) is 3.70. The van der Waals surface area contributed by atoms with E-state index in [0.29, 0.717) is 12.3 Å². The third-order valence-electron chi connectivity index (χ3n) is 4.23. The average Bonchev–Trinajstić information content (AvgIpc) is 3.00. The summed E-state index contributed by atoms with van der Waals surface area (Å²) in [5.74, 6) is -0.324. The van der Waals surface area contributed by atoms with E-state index in [1.165, 1.54) is 0 Å². The van der Waals surface area contributed by atoms with Crippen molar-refractivity contribution in [3.8, 4) is 0 Å². The normalized spacial score (nSPS) is 16.2. The fraction of sp³-hybridized carbons (Fsp3) is 0.150. The maximum Gasteiger partial charge on any atom is 0.354 e. The summed E-state index contributed by atoms with van der Waals surface area (Å²) in [6.45, 7) is 2.17. The van der Waals surface area contributed by atoms with E-state index in [9.17, 15) is 4.79 Å². The van der Waals surface area contributed by atoms with E-state index >= 15 is 0 Å². The number of benzene rings is 2. The van der Waals surface area contributed by atoms with Gasteiger partial charge in [-0.1, -0.05) is 48.5 Å². The molecule has 0 fully saturated rings. The van der Waals surface area contributed by atoms with Gasteiger partial charge in [-0.05, 0) is 30.7 Å². The molecule has 1 atom stereocenters. The molecular weight excluding hydrogens is 300 g/mol. The number of carbonyl (C=O) groups excluding carboxylic acids is 1. The molecule has 1 N–H and O–H groups in total. The van der Waals surface area contributed by atoms with Crippen LogP contribution in [0.15, 0.2) is 66.4 Å². The van der Waals surface area contributed by atoms with Gasteiger partial charge in [0.05, 0.1) is 12.1 Å². The lowest BCUT2D eigenvalue weighted by molar-refractivity contribution is -0.139. The summed E-state index contributed by atoms with van der Waals surface area (Å²) in [5, 5.41) is 4.49. The van der Waals surface area contributed by atoms with Crippen LogP contribution in [0.3, 0.4) is 0 Å². The molecule has 4 nitrogen and oxygen atoms in total. The van der Waals surface area contributed by atoms with E-state index in [4.69, 9.17) is 4.74 Å². The van der Waals surface area contributed by atoms with Gasteiger partial charge >= 0.3 is 5.97 Å². The topological polar surface area (TPSA) is 43.3 Å². The molecule has 1 aliphatic heterocycles. The van der Waals surface area contributed by atoms with Gasteiger partial charge in [0.25, 0.3) is 0 Å². The third kappa shape index (κ3) is 2.36. The molecule has 0 saturated carbocycles.